The highest BCUT2D eigenvalue weighted by atomic mass is 32.2. The number of aromatic nitrogens is 1. The van der Waals surface area contributed by atoms with Gasteiger partial charge in [0.05, 0.1) is 23.1 Å². The summed E-state index contributed by atoms with van der Waals surface area (Å²) < 4.78 is 7.43. The van der Waals surface area contributed by atoms with E-state index in [1.165, 1.54) is 16.5 Å². The monoisotopic (exact) mass is 399 g/mol. The molecule has 0 radical (unpaired) electrons. The average Bonchev–Trinajstić information content (AvgIpc) is 3.15. The maximum Gasteiger partial charge on any atom is 0.233 e. The van der Waals surface area contributed by atoms with Crippen LogP contribution in [0, 0.1) is 0 Å². The van der Waals surface area contributed by atoms with E-state index in [4.69, 9.17) is 4.74 Å². The molecule has 1 saturated heterocycles. The van der Waals surface area contributed by atoms with Crippen LogP contribution < -0.4 is 9.64 Å². The number of hydrogen-bond acceptors (Lipinski definition) is 6. The number of rotatable bonds is 5. The predicted octanol–water partition coefficient (Wildman–Crippen LogP) is 3.75. The normalized spacial score (nSPS) is 14.6. The summed E-state index contributed by atoms with van der Waals surface area (Å²) in [5, 5.41) is 0. The number of thioether (sulfide) groups is 1. The number of hydrogen-bond donors (Lipinski definition) is 0. The van der Waals surface area contributed by atoms with Crippen molar-refractivity contribution >= 4 is 44.9 Å². The third kappa shape index (κ3) is 4.20. The first kappa shape index (κ1) is 18.1. The molecule has 1 aliphatic heterocycles. The molecule has 27 heavy (non-hydrogen) atoms. The van der Waals surface area contributed by atoms with Gasteiger partial charge in [-0.05, 0) is 24.3 Å². The molecule has 1 fully saturated rings. The second kappa shape index (κ2) is 8.19. The van der Waals surface area contributed by atoms with Gasteiger partial charge < -0.3 is 14.5 Å². The van der Waals surface area contributed by atoms with Crippen LogP contribution in [-0.2, 0) is 4.79 Å². The molecule has 0 bridgehead atoms. The fourth-order valence-electron chi connectivity index (χ4n) is 3.15. The summed E-state index contributed by atoms with van der Waals surface area (Å²) >= 11 is 3.18. The van der Waals surface area contributed by atoms with Crippen molar-refractivity contribution in [3.63, 3.8) is 0 Å². The summed E-state index contributed by atoms with van der Waals surface area (Å²) in [7, 11) is 1.68. The van der Waals surface area contributed by atoms with Crippen LogP contribution in [0.2, 0.25) is 0 Å². The summed E-state index contributed by atoms with van der Waals surface area (Å²) in [6.07, 6.45) is 0. The topological polar surface area (TPSA) is 45.7 Å². The molecule has 2 heterocycles. The Balaban J connectivity index is 1.30. The van der Waals surface area contributed by atoms with Crippen LogP contribution in [0.5, 0.6) is 5.75 Å². The van der Waals surface area contributed by atoms with Gasteiger partial charge in [-0.15, -0.1) is 11.3 Å². The van der Waals surface area contributed by atoms with Crippen molar-refractivity contribution in [3.05, 3.63) is 48.5 Å². The molecule has 0 saturated carbocycles. The minimum absolute atomic E-state index is 0.185. The Morgan fingerprint density at radius 3 is 2.74 bits per heavy atom. The molecule has 140 valence electrons. The Morgan fingerprint density at radius 1 is 1.15 bits per heavy atom. The Kier molecular flexibility index (Phi) is 5.50. The highest BCUT2D eigenvalue weighted by Gasteiger charge is 2.22. The summed E-state index contributed by atoms with van der Waals surface area (Å²) in [6, 6.07) is 16.2. The average molecular weight is 400 g/mol. The standard InChI is InChI=1S/C20H21N3O2S2/c1-25-16-6-4-5-15(13-16)22-9-11-23(12-10-22)19(24)14-26-20-21-17-7-2-3-8-18(17)27-20/h2-8,13H,9-12,14H2,1H3. The fourth-order valence-corrected chi connectivity index (χ4v) is 5.12. The molecule has 1 amide bonds. The van der Waals surface area contributed by atoms with Gasteiger partial charge >= 0.3 is 0 Å². The van der Waals surface area contributed by atoms with Gasteiger partial charge in [-0.1, -0.05) is 30.0 Å². The molecule has 2 aromatic carbocycles. The Morgan fingerprint density at radius 2 is 1.96 bits per heavy atom. The smallest absolute Gasteiger partial charge is 0.233 e. The lowest BCUT2D eigenvalue weighted by molar-refractivity contribution is -0.128. The maximum atomic E-state index is 12.6. The van der Waals surface area contributed by atoms with E-state index in [9.17, 15) is 4.79 Å². The third-order valence-corrected chi connectivity index (χ3v) is 6.81. The van der Waals surface area contributed by atoms with E-state index in [-0.39, 0.29) is 5.91 Å². The summed E-state index contributed by atoms with van der Waals surface area (Å²) in [5.74, 6) is 1.49. The van der Waals surface area contributed by atoms with Gasteiger partial charge in [0.15, 0.2) is 4.34 Å². The minimum Gasteiger partial charge on any atom is -0.497 e. The van der Waals surface area contributed by atoms with Crippen molar-refractivity contribution < 1.29 is 9.53 Å². The van der Waals surface area contributed by atoms with E-state index >= 15 is 0 Å². The predicted molar refractivity (Wildman–Crippen MR) is 112 cm³/mol. The quantitative estimate of drug-likeness (QED) is 0.612. The summed E-state index contributed by atoms with van der Waals surface area (Å²) in [6.45, 7) is 3.17. The largest absolute Gasteiger partial charge is 0.497 e. The van der Waals surface area contributed by atoms with Gasteiger partial charge in [0.1, 0.15) is 5.75 Å². The van der Waals surface area contributed by atoms with Crippen LogP contribution in [0.4, 0.5) is 5.69 Å². The first-order valence-corrected chi connectivity index (χ1v) is 10.7. The van der Waals surface area contributed by atoms with Crippen molar-refractivity contribution in [2.45, 2.75) is 4.34 Å². The number of carbonyl (C=O) groups excluding carboxylic acids is 1. The molecule has 1 aliphatic rings. The van der Waals surface area contributed by atoms with Crippen molar-refractivity contribution in [1.82, 2.24) is 9.88 Å². The number of methoxy groups -OCH3 is 1. The zero-order chi connectivity index (χ0) is 18.6. The minimum atomic E-state index is 0.185. The Labute approximate surface area is 166 Å². The zero-order valence-corrected chi connectivity index (χ0v) is 16.8. The molecular formula is C20H21N3O2S2. The number of anilines is 1. The highest BCUT2D eigenvalue weighted by molar-refractivity contribution is 8.01. The highest BCUT2D eigenvalue weighted by Crippen LogP contribution is 2.29. The van der Waals surface area contributed by atoms with Crippen molar-refractivity contribution in [3.8, 4) is 5.75 Å². The van der Waals surface area contributed by atoms with E-state index in [1.54, 1.807) is 18.4 Å². The van der Waals surface area contributed by atoms with Gasteiger partial charge in [-0.25, -0.2) is 4.98 Å². The number of ether oxygens (including phenoxy) is 1. The van der Waals surface area contributed by atoms with Gasteiger partial charge in [0, 0.05) is 37.9 Å². The van der Waals surface area contributed by atoms with Crippen molar-refractivity contribution in [2.75, 3.05) is 43.9 Å². The van der Waals surface area contributed by atoms with Crippen LogP contribution in [0.25, 0.3) is 10.2 Å². The van der Waals surface area contributed by atoms with Crippen LogP contribution in [0.3, 0.4) is 0 Å². The van der Waals surface area contributed by atoms with E-state index in [0.29, 0.717) is 5.75 Å². The SMILES string of the molecule is COc1cccc(N2CCN(C(=O)CSc3nc4ccccc4s3)CC2)c1. The second-order valence-electron chi connectivity index (χ2n) is 6.31. The number of piperazine rings is 1. The van der Waals surface area contributed by atoms with E-state index < -0.39 is 0 Å². The van der Waals surface area contributed by atoms with E-state index in [1.807, 2.05) is 41.3 Å². The zero-order valence-electron chi connectivity index (χ0n) is 15.1. The van der Waals surface area contributed by atoms with E-state index in [0.717, 1.165) is 47.5 Å². The lowest BCUT2D eigenvalue weighted by Gasteiger charge is -2.36. The molecule has 5 nitrogen and oxygen atoms in total. The Bertz CT molecular complexity index is 903. The molecule has 4 rings (SSSR count). The molecule has 7 heteroatoms. The molecule has 0 spiro atoms. The van der Waals surface area contributed by atoms with Crippen LogP contribution in [0.15, 0.2) is 52.9 Å². The summed E-state index contributed by atoms with van der Waals surface area (Å²) in [4.78, 5) is 21.4. The first-order chi connectivity index (χ1) is 13.2. The van der Waals surface area contributed by atoms with Crippen LogP contribution in [-0.4, -0.2) is 54.8 Å². The Hall–Kier alpha value is -2.25. The lowest BCUT2D eigenvalue weighted by Crippen LogP contribution is -2.49. The van der Waals surface area contributed by atoms with Crippen LogP contribution in [0.1, 0.15) is 0 Å². The maximum absolute atomic E-state index is 12.6. The molecule has 0 unspecified atom stereocenters. The molecular weight excluding hydrogens is 378 g/mol. The van der Waals surface area contributed by atoms with Gasteiger partial charge in [0.25, 0.3) is 0 Å². The van der Waals surface area contributed by atoms with E-state index in [2.05, 4.69) is 22.0 Å². The second-order valence-corrected chi connectivity index (χ2v) is 8.56. The number of thiazole rings is 1. The number of fused-ring (bicyclic) bond motifs is 1. The van der Waals surface area contributed by atoms with Crippen molar-refractivity contribution in [2.24, 2.45) is 0 Å². The number of nitrogens with zero attached hydrogens (tertiary/aromatic N) is 3. The molecule has 0 atom stereocenters. The number of amides is 1. The number of benzene rings is 2. The molecule has 0 aliphatic carbocycles. The first-order valence-electron chi connectivity index (χ1n) is 8.88. The number of para-hydroxylation sites is 1. The molecule has 1 aromatic heterocycles. The fraction of sp³-hybridized carbons (Fsp3) is 0.300. The van der Waals surface area contributed by atoms with Crippen LogP contribution >= 0.6 is 23.1 Å². The molecule has 0 N–H and O–H groups in total. The summed E-state index contributed by atoms with van der Waals surface area (Å²) in [5.41, 5.74) is 2.15. The van der Waals surface area contributed by atoms with Gasteiger partial charge in [-0.3, -0.25) is 4.79 Å². The van der Waals surface area contributed by atoms with Gasteiger partial charge in [0.2, 0.25) is 5.91 Å². The lowest BCUT2D eigenvalue weighted by atomic mass is 10.2. The van der Waals surface area contributed by atoms with Gasteiger partial charge in [-0.2, -0.15) is 0 Å². The van der Waals surface area contributed by atoms with Crippen molar-refractivity contribution in [1.29, 1.82) is 0 Å². The molecule has 3 aromatic rings. The number of carbonyl (C=O) groups is 1. The third-order valence-electron chi connectivity index (χ3n) is 4.64.